The van der Waals surface area contributed by atoms with Crippen LogP contribution in [0.15, 0.2) is 59.3 Å². The summed E-state index contributed by atoms with van der Waals surface area (Å²) < 4.78 is 47.8. The summed E-state index contributed by atoms with van der Waals surface area (Å²) in [5, 5.41) is 17.6. The number of benzene rings is 2. The summed E-state index contributed by atoms with van der Waals surface area (Å²) in [4.78, 5) is 12.0. The molecule has 0 spiro atoms. The van der Waals surface area contributed by atoms with Gasteiger partial charge in [0.15, 0.2) is 11.5 Å². The normalized spacial score (nSPS) is 11.6. The van der Waals surface area contributed by atoms with Gasteiger partial charge in [-0.3, -0.25) is 0 Å². The lowest BCUT2D eigenvalue weighted by molar-refractivity contribution is -0.142. The Balaban J connectivity index is 1.98. The van der Waals surface area contributed by atoms with Crippen LogP contribution in [0.1, 0.15) is 16.1 Å². The number of hydrogen-bond acceptors (Lipinski definition) is 4. The van der Waals surface area contributed by atoms with Crippen LogP contribution in [-0.4, -0.2) is 26.0 Å². The third-order valence-corrected chi connectivity index (χ3v) is 4.93. The Morgan fingerprint density at radius 2 is 1.81 bits per heavy atom. The first kappa shape index (κ1) is 21.0. The average Bonchev–Trinajstić information content (AvgIpc) is 3.32. The van der Waals surface area contributed by atoms with Crippen molar-refractivity contribution in [1.82, 2.24) is 14.9 Å². The molecule has 1 N–H and O–H groups in total. The minimum atomic E-state index is -4.90. The Kier molecular flexibility index (Phi) is 5.24. The molecule has 0 saturated heterocycles. The van der Waals surface area contributed by atoms with Crippen molar-refractivity contribution < 1.29 is 27.6 Å². The second kappa shape index (κ2) is 7.75. The van der Waals surface area contributed by atoms with Crippen LogP contribution >= 0.6 is 23.2 Å². The average molecular weight is 468 g/mol. The number of rotatable bonds is 4. The number of alkyl halides is 3. The number of hydrogen-bond donors (Lipinski definition) is 1. The zero-order valence-corrected chi connectivity index (χ0v) is 16.7. The van der Waals surface area contributed by atoms with Gasteiger partial charge >= 0.3 is 12.1 Å². The van der Waals surface area contributed by atoms with E-state index in [9.17, 15) is 23.1 Å². The lowest BCUT2D eigenvalue weighted by Crippen LogP contribution is -2.15. The smallest absolute Gasteiger partial charge is 0.434 e. The minimum absolute atomic E-state index is 0.0359. The topological polar surface area (TPSA) is 81.2 Å². The standard InChI is InChI=1S/C20H10Cl2F3N3O3/c21-10-4-3-5-11(8-10)28-18(20(23,24)25)13(9-26-28)17-15(19(29)30)16(27-31-17)12-6-1-2-7-14(12)22/h1-9H,(H,29,30). The molecule has 11 heteroatoms. The van der Waals surface area contributed by atoms with E-state index in [0.29, 0.717) is 4.68 Å². The van der Waals surface area contributed by atoms with Crippen LogP contribution in [0.3, 0.4) is 0 Å². The third kappa shape index (κ3) is 3.77. The molecule has 0 radical (unpaired) electrons. The van der Waals surface area contributed by atoms with Crippen molar-refractivity contribution in [3.05, 3.63) is 76.0 Å². The van der Waals surface area contributed by atoms with Crippen molar-refractivity contribution in [2.24, 2.45) is 0 Å². The predicted octanol–water partition coefficient (Wildman–Crippen LogP) is 6.22. The summed E-state index contributed by atoms with van der Waals surface area (Å²) in [5.74, 6) is -2.13. The van der Waals surface area contributed by atoms with E-state index < -0.39 is 34.7 Å². The lowest BCUT2D eigenvalue weighted by atomic mass is 10.0. The van der Waals surface area contributed by atoms with Crippen molar-refractivity contribution in [3.63, 3.8) is 0 Å². The van der Waals surface area contributed by atoms with Gasteiger partial charge in [0.2, 0.25) is 0 Å². The van der Waals surface area contributed by atoms with E-state index >= 15 is 0 Å². The molecule has 2 heterocycles. The highest BCUT2D eigenvalue weighted by atomic mass is 35.5. The summed E-state index contributed by atoms with van der Waals surface area (Å²) in [6.07, 6.45) is -4.03. The molecule has 2 aromatic heterocycles. The first-order valence-corrected chi connectivity index (χ1v) is 9.33. The molecule has 0 fully saturated rings. The Bertz CT molecular complexity index is 1300. The quantitative estimate of drug-likeness (QED) is 0.385. The first-order valence-electron chi connectivity index (χ1n) is 8.58. The highest BCUT2D eigenvalue weighted by Crippen LogP contribution is 2.42. The highest BCUT2D eigenvalue weighted by molar-refractivity contribution is 6.33. The third-order valence-electron chi connectivity index (χ3n) is 4.37. The van der Waals surface area contributed by atoms with Gasteiger partial charge in [0.1, 0.15) is 11.3 Å². The maximum atomic E-state index is 14.0. The number of aromatic nitrogens is 3. The number of nitrogens with zero attached hydrogens (tertiary/aromatic N) is 3. The van der Waals surface area contributed by atoms with Crippen LogP contribution in [0, 0.1) is 0 Å². The second-order valence-electron chi connectivity index (χ2n) is 6.32. The van der Waals surface area contributed by atoms with Crippen LogP contribution in [0.5, 0.6) is 0 Å². The molecule has 0 aliphatic rings. The van der Waals surface area contributed by atoms with Crippen molar-refractivity contribution in [3.8, 4) is 28.3 Å². The maximum Gasteiger partial charge on any atom is 0.434 e. The fourth-order valence-corrected chi connectivity index (χ4v) is 3.51. The molecule has 4 aromatic rings. The Morgan fingerprint density at radius 3 is 2.45 bits per heavy atom. The van der Waals surface area contributed by atoms with Gasteiger partial charge in [-0.05, 0) is 24.3 Å². The molecular weight excluding hydrogens is 458 g/mol. The maximum absolute atomic E-state index is 14.0. The number of halogens is 5. The molecule has 0 atom stereocenters. The summed E-state index contributed by atoms with van der Waals surface area (Å²) in [7, 11) is 0. The van der Waals surface area contributed by atoms with E-state index in [1.54, 1.807) is 12.1 Å². The molecule has 2 aromatic carbocycles. The molecule has 0 unspecified atom stereocenters. The Labute approximate surface area is 182 Å². The van der Waals surface area contributed by atoms with Crippen LogP contribution in [-0.2, 0) is 6.18 Å². The minimum Gasteiger partial charge on any atom is -0.477 e. The van der Waals surface area contributed by atoms with Crippen molar-refractivity contribution in [1.29, 1.82) is 0 Å². The zero-order valence-electron chi connectivity index (χ0n) is 15.2. The molecule has 4 rings (SSSR count). The molecule has 0 aliphatic heterocycles. The van der Waals surface area contributed by atoms with E-state index in [0.717, 1.165) is 6.20 Å². The number of aromatic carboxylic acids is 1. The second-order valence-corrected chi connectivity index (χ2v) is 7.16. The van der Waals surface area contributed by atoms with Crippen LogP contribution < -0.4 is 0 Å². The molecule has 158 valence electrons. The van der Waals surface area contributed by atoms with Gasteiger partial charge in [-0.2, -0.15) is 18.3 Å². The largest absolute Gasteiger partial charge is 0.477 e. The van der Waals surface area contributed by atoms with Gasteiger partial charge < -0.3 is 9.63 Å². The molecule has 0 amide bonds. The van der Waals surface area contributed by atoms with Crippen molar-refractivity contribution in [2.45, 2.75) is 6.18 Å². The first-order chi connectivity index (χ1) is 14.7. The van der Waals surface area contributed by atoms with Crippen molar-refractivity contribution >= 4 is 29.2 Å². The summed E-state index contributed by atoms with van der Waals surface area (Å²) in [5.41, 5.74) is -2.35. The zero-order chi connectivity index (χ0) is 22.3. The lowest BCUT2D eigenvalue weighted by Gasteiger charge is -2.12. The van der Waals surface area contributed by atoms with E-state index in [-0.39, 0.29) is 27.0 Å². The fraction of sp³-hybridized carbons (Fsp3) is 0.0500. The Morgan fingerprint density at radius 1 is 1.06 bits per heavy atom. The van der Waals surface area contributed by atoms with E-state index in [1.807, 2.05) is 0 Å². The van der Waals surface area contributed by atoms with E-state index in [2.05, 4.69) is 10.3 Å². The van der Waals surface area contributed by atoms with Crippen LogP contribution in [0.25, 0.3) is 28.3 Å². The van der Waals surface area contributed by atoms with Gasteiger partial charge in [0.05, 0.1) is 22.5 Å². The van der Waals surface area contributed by atoms with Gasteiger partial charge in [-0.1, -0.05) is 52.6 Å². The predicted molar refractivity (Wildman–Crippen MR) is 106 cm³/mol. The Hall–Kier alpha value is -3.30. The fourth-order valence-electron chi connectivity index (χ4n) is 3.10. The van der Waals surface area contributed by atoms with Gasteiger partial charge in [-0.15, -0.1) is 0 Å². The van der Waals surface area contributed by atoms with Gasteiger partial charge in [0.25, 0.3) is 0 Å². The van der Waals surface area contributed by atoms with Gasteiger partial charge in [0, 0.05) is 10.6 Å². The summed E-state index contributed by atoms with van der Waals surface area (Å²) in [6.45, 7) is 0. The molecule has 31 heavy (non-hydrogen) atoms. The highest BCUT2D eigenvalue weighted by Gasteiger charge is 2.42. The van der Waals surface area contributed by atoms with E-state index in [1.165, 1.54) is 36.4 Å². The SMILES string of the molecule is O=C(O)c1c(-c2ccccc2Cl)noc1-c1cnn(-c2cccc(Cl)c2)c1C(F)(F)F. The molecular formula is C20H10Cl2F3N3O3. The molecule has 0 saturated carbocycles. The molecule has 6 nitrogen and oxygen atoms in total. The molecule has 0 bridgehead atoms. The number of carboxylic acids is 1. The van der Waals surface area contributed by atoms with Crippen LogP contribution in [0.2, 0.25) is 10.0 Å². The summed E-state index contributed by atoms with van der Waals surface area (Å²) in [6, 6.07) is 11.8. The van der Waals surface area contributed by atoms with Crippen LogP contribution in [0.4, 0.5) is 13.2 Å². The summed E-state index contributed by atoms with van der Waals surface area (Å²) >= 11 is 12.0. The van der Waals surface area contributed by atoms with E-state index in [4.69, 9.17) is 27.7 Å². The number of carboxylic acid groups (broad SMARTS) is 1. The monoisotopic (exact) mass is 467 g/mol. The number of carbonyl (C=O) groups is 1. The van der Waals surface area contributed by atoms with Gasteiger partial charge in [-0.25, -0.2) is 9.48 Å². The molecule has 0 aliphatic carbocycles. The van der Waals surface area contributed by atoms with Crippen molar-refractivity contribution in [2.75, 3.05) is 0 Å².